The molecule has 0 amide bonds. The topological polar surface area (TPSA) is 24.5 Å². The molecule has 104 valence electrons. The van der Waals surface area contributed by atoms with Crippen LogP contribution in [0.3, 0.4) is 0 Å². The Morgan fingerprint density at radius 3 is 2.47 bits per heavy atom. The van der Waals surface area contributed by atoms with Gasteiger partial charge in [0.2, 0.25) is 0 Å². The van der Waals surface area contributed by atoms with Crippen LogP contribution >= 0.6 is 0 Å². The van der Waals surface area contributed by atoms with E-state index < -0.39 is 0 Å². The summed E-state index contributed by atoms with van der Waals surface area (Å²) in [7, 11) is 4.15. The van der Waals surface area contributed by atoms with Gasteiger partial charge < -0.3 is 15.0 Å². The van der Waals surface area contributed by atoms with Gasteiger partial charge in [-0.3, -0.25) is 0 Å². The van der Waals surface area contributed by atoms with E-state index in [-0.39, 0.29) is 0 Å². The molecule has 0 aromatic heterocycles. The van der Waals surface area contributed by atoms with Crippen LogP contribution < -0.4 is 10.2 Å². The largest absolute Gasteiger partial charge is 0.378 e. The van der Waals surface area contributed by atoms with Crippen molar-refractivity contribution in [2.75, 3.05) is 19.0 Å². The van der Waals surface area contributed by atoms with E-state index in [4.69, 9.17) is 4.74 Å². The van der Waals surface area contributed by atoms with Crippen molar-refractivity contribution in [2.24, 2.45) is 0 Å². The Labute approximate surface area is 115 Å². The standard InChI is InChI=1S/C16H24N2O/c1-11(12-4-6-13(7-5-12)18(2)3)17-15-10-14-8-9-16(15)19-14/h4-7,11,14-17H,8-10H2,1-3H3. The van der Waals surface area contributed by atoms with Gasteiger partial charge in [-0.2, -0.15) is 0 Å². The predicted octanol–water partition coefficient (Wildman–Crippen LogP) is 2.72. The van der Waals surface area contributed by atoms with E-state index in [1.165, 1.54) is 30.5 Å². The van der Waals surface area contributed by atoms with Crippen molar-refractivity contribution in [3.63, 3.8) is 0 Å². The van der Waals surface area contributed by atoms with Crippen LogP contribution in [0.25, 0.3) is 0 Å². The highest BCUT2D eigenvalue weighted by Gasteiger charge is 2.40. The Morgan fingerprint density at radius 1 is 1.21 bits per heavy atom. The second-order valence-corrected chi connectivity index (χ2v) is 6.09. The number of fused-ring (bicyclic) bond motifs is 2. The molecule has 1 aromatic carbocycles. The van der Waals surface area contributed by atoms with Crippen LogP contribution in [0.1, 0.15) is 37.8 Å². The lowest BCUT2D eigenvalue weighted by molar-refractivity contribution is 0.0962. The molecule has 3 heteroatoms. The van der Waals surface area contributed by atoms with Gasteiger partial charge in [0.25, 0.3) is 0 Å². The summed E-state index contributed by atoms with van der Waals surface area (Å²) in [6.45, 7) is 2.25. The molecule has 2 bridgehead atoms. The minimum Gasteiger partial charge on any atom is -0.378 e. The van der Waals surface area contributed by atoms with E-state index in [0.717, 1.165) is 0 Å². The van der Waals surface area contributed by atoms with Crippen LogP contribution in [0.2, 0.25) is 0 Å². The summed E-state index contributed by atoms with van der Waals surface area (Å²) >= 11 is 0. The summed E-state index contributed by atoms with van der Waals surface area (Å²) in [5, 5.41) is 3.74. The lowest BCUT2D eigenvalue weighted by Crippen LogP contribution is -2.38. The van der Waals surface area contributed by atoms with Crippen molar-refractivity contribution in [3.05, 3.63) is 29.8 Å². The fourth-order valence-corrected chi connectivity index (χ4v) is 3.29. The average Bonchev–Trinajstić information content (AvgIpc) is 3.01. The quantitative estimate of drug-likeness (QED) is 0.901. The van der Waals surface area contributed by atoms with Gasteiger partial charge in [-0.1, -0.05) is 12.1 Å². The molecule has 0 radical (unpaired) electrons. The smallest absolute Gasteiger partial charge is 0.0733 e. The van der Waals surface area contributed by atoms with Crippen molar-refractivity contribution in [1.29, 1.82) is 0 Å². The van der Waals surface area contributed by atoms with Gasteiger partial charge in [-0.05, 0) is 43.9 Å². The van der Waals surface area contributed by atoms with Gasteiger partial charge >= 0.3 is 0 Å². The lowest BCUT2D eigenvalue weighted by Gasteiger charge is -2.25. The van der Waals surface area contributed by atoms with Crippen molar-refractivity contribution in [3.8, 4) is 0 Å². The zero-order valence-corrected chi connectivity index (χ0v) is 12.1. The highest BCUT2D eigenvalue weighted by atomic mass is 16.5. The molecule has 3 rings (SSSR count). The highest BCUT2D eigenvalue weighted by molar-refractivity contribution is 5.46. The van der Waals surface area contributed by atoms with Crippen LogP contribution in [0.5, 0.6) is 0 Å². The summed E-state index contributed by atoms with van der Waals surface area (Å²) in [6.07, 6.45) is 4.65. The molecule has 2 fully saturated rings. The number of nitrogens with zero attached hydrogens (tertiary/aromatic N) is 1. The Balaban J connectivity index is 1.62. The molecule has 1 N–H and O–H groups in total. The van der Waals surface area contributed by atoms with E-state index in [1.54, 1.807) is 0 Å². The zero-order chi connectivity index (χ0) is 13.4. The Hall–Kier alpha value is -1.06. The monoisotopic (exact) mass is 260 g/mol. The number of hydrogen-bond donors (Lipinski definition) is 1. The third-order valence-electron chi connectivity index (χ3n) is 4.48. The Kier molecular flexibility index (Phi) is 3.50. The minimum atomic E-state index is 0.393. The summed E-state index contributed by atoms with van der Waals surface area (Å²) in [4.78, 5) is 2.13. The van der Waals surface area contributed by atoms with E-state index >= 15 is 0 Å². The molecule has 2 aliphatic heterocycles. The van der Waals surface area contributed by atoms with Crippen molar-refractivity contribution in [2.45, 2.75) is 50.5 Å². The van der Waals surface area contributed by atoms with Crippen molar-refractivity contribution < 1.29 is 4.74 Å². The van der Waals surface area contributed by atoms with Crippen LogP contribution in [-0.4, -0.2) is 32.3 Å². The van der Waals surface area contributed by atoms with Crippen molar-refractivity contribution in [1.82, 2.24) is 5.32 Å². The zero-order valence-electron chi connectivity index (χ0n) is 12.1. The molecule has 0 spiro atoms. The summed E-state index contributed by atoms with van der Waals surface area (Å²) < 4.78 is 5.90. The fraction of sp³-hybridized carbons (Fsp3) is 0.625. The average molecular weight is 260 g/mol. The first-order valence-corrected chi connectivity index (χ1v) is 7.32. The number of nitrogens with one attached hydrogen (secondary N) is 1. The second-order valence-electron chi connectivity index (χ2n) is 6.09. The fourth-order valence-electron chi connectivity index (χ4n) is 3.29. The maximum absolute atomic E-state index is 5.90. The van der Waals surface area contributed by atoms with Gasteiger partial charge in [0, 0.05) is 31.9 Å². The lowest BCUT2D eigenvalue weighted by atomic mass is 9.94. The van der Waals surface area contributed by atoms with E-state index in [0.29, 0.717) is 24.3 Å². The summed E-state index contributed by atoms with van der Waals surface area (Å²) in [5.74, 6) is 0. The van der Waals surface area contributed by atoms with Crippen LogP contribution in [0.15, 0.2) is 24.3 Å². The highest BCUT2D eigenvalue weighted by Crippen LogP contribution is 2.35. The van der Waals surface area contributed by atoms with E-state index in [9.17, 15) is 0 Å². The maximum atomic E-state index is 5.90. The second kappa shape index (κ2) is 5.14. The number of benzene rings is 1. The molecular weight excluding hydrogens is 236 g/mol. The van der Waals surface area contributed by atoms with Gasteiger partial charge in [-0.25, -0.2) is 0 Å². The minimum absolute atomic E-state index is 0.393. The first kappa shape index (κ1) is 12.9. The van der Waals surface area contributed by atoms with Gasteiger partial charge in [0.05, 0.1) is 12.2 Å². The van der Waals surface area contributed by atoms with Gasteiger partial charge in [0.1, 0.15) is 0 Å². The first-order valence-electron chi connectivity index (χ1n) is 7.32. The molecular formula is C16H24N2O. The van der Waals surface area contributed by atoms with E-state index in [2.05, 4.69) is 55.5 Å². The number of ether oxygens (including phenoxy) is 1. The maximum Gasteiger partial charge on any atom is 0.0733 e. The Morgan fingerprint density at radius 2 is 1.95 bits per heavy atom. The molecule has 4 atom stereocenters. The van der Waals surface area contributed by atoms with Gasteiger partial charge in [0.15, 0.2) is 0 Å². The van der Waals surface area contributed by atoms with Crippen LogP contribution in [-0.2, 0) is 4.74 Å². The van der Waals surface area contributed by atoms with E-state index in [1.807, 2.05) is 0 Å². The Bertz CT molecular complexity index is 429. The molecule has 0 saturated carbocycles. The third-order valence-corrected chi connectivity index (χ3v) is 4.48. The summed E-state index contributed by atoms with van der Waals surface area (Å²) in [5.41, 5.74) is 2.60. The molecule has 2 heterocycles. The number of rotatable bonds is 4. The molecule has 3 nitrogen and oxygen atoms in total. The number of hydrogen-bond acceptors (Lipinski definition) is 3. The third kappa shape index (κ3) is 2.63. The van der Waals surface area contributed by atoms with Crippen molar-refractivity contribution >= 4 is 5.69 Å². The molecule has 2 saturated heterocycles. The molecule has 1 aromatic rings. The predicted molar refractivity (Wildman–Crippen MR) is 78.6 cm³/mol. The van der Waals surface area contributed by atoms with Crippen LogP contribution in [0, 0.1) is 0 Å². The molecule has 0 aliphatic carbocycles. The summed E-state index contributed by atoms with van der Waals surface area (Å²) in [6, 6.07) is 9.75. The SMILES string of the molecule is CC(NC1CC2CCC1O2)c1ccc(N(C)C)cc1. The van der Waals surface area contributed by atoms with Gasteiger partial charge in [-0.15, -0.1) is 0 Å². The molecule has 19 heavy (non-hydrogen) atoms. The van der Waals surface area contributed by atoms with Crippen LogP contribution in [0.4, 0.5) is 5.69 Å². The molecule has 4 unspecified atom stereocenters. The normalized spacial score (nSPS) is 30.6. The molecule has 2 aliphatic rings. The first-order chi connectivity index (χ1) is 9.13. The number of anilines is 1.